The molecule has 2 aromatic heterocycles. The van der Waals surface area contributed by atoms with Gasteiger partial charge in [0.2, 0.25) is 0 Å². The van der Waals surface area contributed by atoms with Gasteiger partial charge in [-0.25, -0.2) is 0 Å². The van der Waals surface area contributed by atoms with Crippen LogP contribution in [0.3, 0.4) is 0 Å². The molecule has 44 heavy (non-hydrogen) atoms. The lowest BCUT2D eigenvalue weighted by Crippen LogP contribution is -2.24. The first-order chi connectivity index (χ1) is 21.6. The molecule has 0 amide bonds. The Bertz CT molecular complexity index is 1590. The van der Waals surface area contributed by atoms with E-state index in [1.165, 1.54) is 100.0 Å². The molecule has 4 aliphatic rings. The van der Waals surface area contributed by atoms with Gasteiger partial charge in [0.15, 0.2) is 5.76 Å². The number of nitrogens with zero attached hydrogens (tertiary/aromatic N) is 1. The van der Waals surface area contributed by atoms with Gasteiger partial charge in [0.1, 0.15) is 0 Å². The van der Waals surface area contributed by atoms with Gasteiger partial charge in [-0.15, -0.1) is 0 Å². The number of carbonyl (C=O) groups excluding carboxylic acids is 1. The largest absolute Gasteiger partial charge is 0.423 e. The van der Waals surface area contributed by atoms with Crippen LogP contribution < -0.4 is 16.0 Å². The number of allylic oxidation sites excluding steroid dienone is 3. The summed E-state index contributed by atoms with van der Waals surface area (Å²) >= 11 is 0. The van der Waals surface area contributed by atoms with Crippen LogP contribution in [0, 0.1) is 0 Å². The van der Waals surface area contributed by atoms with Crippen molar-refractivity contribution < 1.29 is 9.53 Å². The van der Waals surface area contributed by atoms with Gasteiger partial charge in [-0.3, -0.25) is 9.79 Å². The Kier molecular flexibility index (Phi) is 10.0. The molecule has 3 N–H and O–H groups in total. The molecule has 0 aromatic carbocycles. The zero-order valence-electron chi connectivity index (χ0n) is 26.8. The molecular weight excluding hydrogens is 544 g/mol. The van der Waals surface area contributed by atoms with E-state index in [1.807, 2.05) is 6.07 Å². The predicted octanol–water partition coefficient (Wildman–Crippen LogP) is 7.84. The van der Waals surface area contributed by atoms with Crippen molar-refractivity contribution in [3.05, 3.63) is 75.0 Å². The first-order valence-electron chi connectivity index (χ1n) is 17.4. The van der Waals surface area contributed by atoms with Crippen LogP contribution in [0.25, 0.3) is 17.4 Å². The summed E-state index contributed by atoms with van der Waals surface area (Å²) in [6.07, 6.45) is 25.4. The van der Waals surface area contributed by atoms with Crippen molar-refractivity contribution in [2.24, 2.45) is 4.99 Å². The lowest BCUT2D eigenvalue weighted by Gasteiger charge is -2.10. The summed E-state index contributed by atoms with van der Waals surface area (Å²) in [5.41, 5.74) is 9.10. The average Bonchev–Trinajstić information content (AvgIpc) is 3.83. The highest BCUT2D eigenvalue weighted by molar-refractivity contribution is 6.05. The molecule has 5 heterocycles. The number of rotatable bonds is 14. The van der Waals surface area contributed by atoms with Crippen molar-refractivity contribution in [2.45, 2.75) is 129 Å². The van der Waals surface area contributed by atoms with Gasteiger partial charge in [0.05, 0.1) is 17.4 Å². The summed E-state index contributed by atoms with van der Waals surface area (Å²) in [5, 5.41) is 6.04. The molecule has 0 spiro atoms. The van der Waals surface area contributed by atoms with Crippen molar-refractivity contribution >= 4 is 29.1 Å². The molecule has 234 valence electrons. The van der Waals surface area contributed by atoms with Gasteiger partial charge in [0, 0.05) is 34.7 Å². The van der Waals surface area contributed by atoms with Gasteiger partial charge in [-0.2, -0.15) is 0 Å². The first kappa shape index (κ1) is 30.5. The summed E-state index contributed by atoms with van der Waals surface area (Å²) < 4.78 is 5.84. The Labute approximate surface area is 262 Å². The van der Waals surface area contributed by atoms with Crippen LogP contribution in [0.15, 0.2) is 57.9 Å². The second kappa shape index (κ2) is 14.5. The van der Waals surface area contributed by atoms with Crippen LogP contribution in [-0.2, 0) is 9.53 Å². The zero-order chi connectivity index (χ0) is 30.3. The maximum atomic E-state index is 12.2. The minimum atomic E-state index is -0.319. The van der Waals surface area contributed by atoms with E-state index in [2.05, 4.69) is 52.6 Å². The number of aliphatic imine (C=N–C) groups is 1. The van der Waals surface area contributed by atoms with Crippen LogP contribution in [0.2, 0.25) is 0 Å². The Morgan fingerprint density at radius 3 is 2.30 bits per heavy atom. The van der Waals surface area contributed by atoms with Crippen LogP contribution >= 0.6 is 0 Å². The third kappa shape index (κ3) is 7.22. The number of hydrogen-bond acceptors (Lipinski definition) is 4. The number of esters is 1. The molecule has 0 radical (unpaired) electrons. The Morgan fingerprint density at radius 2 is 1.55 bits per heavy atom. The number of nitrogens with one attached hydrogen (secondary N) is 3. The van der Waals surface area contributed by atoms with Gasteiger partial charge in [-0.05, 0) is 85.6 Å². The van der Waals surface area contributed by atoms with E-state index in [0.29, 0.717) is 5.76 Å². The fraction of sp³-hybridized carbons (Fsp3) is 0.526. The average molecular weight is 595 g/mol. The van der Waals surface area contributed by atoms with E-state index >= 15 is 0 Å². The quantitative estimate of drug-likeness (QED) is 0.154. The van der Waals surface area contributed by atoms with Gasteiger partial charge in [-0.1, -0.05) is 83.6 Å². The molecule has 1 atom stereocenters. The molecule has 1 unspecified atom stereocenters. The molecule has 2 aromatic rings. The lowest BCUT2D eigenvalue weighted by molar-refractivity contribution is -0.134. The number of fused-ring (bicyclic) bond motifs is 7. The molecule has 0 fully saturated rings. The molecule has 0 saturated heterocycles. The Balaban J connectivity index is 1.21. The fourth-order valence-electron chi connectivity index (χ4n) is 7.30. The monoisotopic (exact) mass is 594 g/mol. The third-order valence-corrected chi connectivity index (χ3v) is 9.61. The molecule has 6 nitrogen and oxygen atoms in total. The number of H-pyrrole nitrogens is 2. The fourth-order valence-corrected chi connectivity index (χ4v) is 7.30. The van der Waals surface area contributed by atoms with Crippen LogP contribution in [0.1, 0.15) is 134 Å². The van der Waals surface area contributed by atoms with Crippen molar-refractivity contribution in [1.29, 1.82) is 0 Å². The van der Waals surface area contributed by atoms with Gasteiger partial charge in [0.25, 0.3) is 0 Å². The molecule has 6 rings (SSSR count). The van der Waals surface area contributed by atoms with Crippen molar-refractivity contribution in [3.8, 4) is 0 Å². The molecule has 8 bridgehead atoms. The third-order valence-electron chi connectivity index (χ3n) is 9.61. The van der Waals surface area contributed by atoms with Crippen molar-refractivity contribution in [3.63, 3.8) is 0 Å². The summed E-state index contributed by atoms with van der Waals surface area (Å²) in [6.45, 7) is 3.76. The maximum Gasteiger partial charge on any atom is 0.308 e. The SMILES string of the molecule is CCCCCCCCCCCCCCC1=c2ccc([nH]2)=CC2C=C3CCC(=C3N2)C2=NC(=C(OC(C)=O)c3ccc1[nH]3)CC2. The Morgan fingerprint density at radius 1 is 0.818 bits per heavy atom. The topological polar surface area (TPSA) is 82.3 Å². The molecular formula is C38H50N4O2. The van der Waals surface area contributed by atoms with Gasteiger partial charge >= 0.3 is 5.97 Å². The van der Waals surface area contributed by atoms with Gasteiger partial charge < -0.3 is 20.0 Å². The second-order valence-corrected chi connectivity index (χ2v) is 13.0. The Hall–Kier alpha value is -3.54. The van der Waals surface area contributed by atoms with Crippen LogP contribution in [-0.4, -0.2) is 27.7 Å². The van der Waals surface area contributed by atoms with E-state index in [9.17, 15) is 4.79 Å². The molecule has 0 saturated carbocycles. The highest BCUT2D eigenvalue weighted by atomic mass is 16.5. The highest BCUT2D eigenvalue weighted by Gasteiger charge is 2.31. The molecule has 6 heteroatoms. The highest BCUT2D eigenvalue weighted by Crippen LogP contribution is 2.39. The van der Waals surface area contributed by atoms with Crippen LogP contribution in [0.5, 0.6) is 0 Å². The normalized spacial score (nSPS) is 18.9. The number of unbranched alkanes of at least 4 members (excludes halogenated alkanes) is 11. The second-order valence-electron chi connectivity index (χ2n) is 13.0. The maximum absolute atomic E-state index is 12.2. The number of aromatic nitrogens is 2. The van der Waals surface area contributed by atoms with E-state index in [1.54, 1.807) is 0 Å². The van der Waals surface area contributed by atoms with Crippen molar-refractivity contribution in [2.75, 3.05) is 0 Å². The van der Waals surface area contributed by atoms with Crippen molar-refractivity contribution in [1.82, 2.24) is 15.3 Å². The zero-order valence-corrected chi connectivity index (χ0v) is 26.8. The number of carbonyl (C=O) groups is 1. The van der Waals surface area contributed by atoms with E-state index in [0.717, 1.165) is 72.0 Å². The molecule has 3 aliphatic heterocycles. The van der Waals surface area contributed by atoms with Crippen LogP contribution in [0.4, 0.5) is 0 Å². The summed E-state index contributed by atoms with van der Waals surface area (Å²) in [7, 11) is 0. The standard InChI is InChI=1S/C38H50N4O2/c1-3-4-5-6-7-8-9-10-11-12-13-14-15-30-32-19-17-28(39-32)25-29-24-27-16-18-31(37(27)40-29)34-21-23-36(42-34)38(44-26(2)43)35-22-20-33(30)41-35/h17,19-20,22,24-25,29,39-41H,3-16,18,21,23H2,1-2H3. The smallest absolute Gasteiger partial charge is 0.308 e. The number of aromatic amines is 2. The minimum Gasteiger partial charge on any atom is -0.423 e. The number of hydrogen-bond donors (Lipinski definition) is 3. The van der Waals surface area contributed by atoms with E-state index < -0.39 is 0 Å². The first-order valence-corrected chi connectivity index (χ1v) is 17.4. The predicted molar refractivity (Wildman–Crippen MR) is 180 cm³/mol. The summed E-state index contributed by atoms with van der Waals surface area (Å²) in [6, 6.07) is 8.76. The minimum absolute atomic E-state index is 0.167. The summed E-state index contributed by atoms with van der Waals surface area (Å²) in [4.78, 5) is 24.6. The number of ether oxygens (including phenoxy) is 1. The van der Waals surface area contributed by atoms with E-state index in [-0.39, 0.29) is 12.0 Å². The molecule has 1 aliphatic carbocycles. The summed E-state index contributed by atoms with van der Waals surface area (Å²) in [5.74, 6) is 0.244. The lowest BCUT2D eigenvalue weighted by atomic mass is 10.0. The van der Waals surface area contributed by atoms with E-state index in [4.69, 9.17) is 9.73 Å².